The first-order chi connectivity index (χ1) is 13.7. The number of hydrogen-bond donors (Lipinski definition) is 2. The number of nitrogens with one attached hydrogen (secondary N) is 2. The van der Waals surface area contributed by atoms with Crippen LogP contribution in [0.1, 0.15) is 23.2 Å². The summed E-state index contributed by atoms with van der Waals surface area (Å²) >= 11 is 0. The van der Waals surface area contributed by atoms with Crippen molar-refractivity contribution in [2.45, 2.75) is 12.8 Å². The van der Waals surface area contributed by atoms with Crippen LogP contribution >= 0.6 is 0 Å². The van der Waals surface area contributed by atoms with Gasteiger partial charge in [0.1, 0.15) is 5.82 Å². The fraction of sp³-hybridized carbons (Fsp3) is 0.0870. The van der Waals surface area contributed by atoms with Gasteiger partial charge < -0.3 is 10.3 Å². The predicted octanol–water partition coefficient (Wildman–Crippen LogP) is 4.83. The molecule has 4 aromatic rings. The number of anilines is 1. The van der Waals surface area contributed by atoms with Gasteiger partial charge in [-0.1, -0.05) is 54.6 Å². The lowest BCUT2D eigenvalue weighted by atomic mass is 10.1. The third-order valence-corrected chi connectivity index (χ3v) is 4.52. The van der Waals surface area contributed by atoms with Crippen LogP contribution in [-0.4, -0.2) is 21.7 Å². The number of benzene rings is 3. The summed E-state index contributed by atoms with van der Waals surface area (Å²) in [5.41, 5.74) is 3.90. The van der Waals surface area contributed by atoms with Crippen molar-refractivity contribution in [3.05, 3.63) is 84.4 Å². The number of ketones is 1. The first-order valence-electron chi connectivity index (χ1n) is 9.13. The maximum Gasteiger partial charge on any atom is 0.224 e. The van der Waals surface area contributed by atoms with Gasteiger partial charge in [-0.15, -0.1) is 0 Å². The first kappa shape index (κ1) is 17.7. The Hall–Kier alpha value is -3.73. The molecule has 3 aromatic carbocycles. The molecule has 0 fully saturated rings. The van der Waals surface area contributed by atoms with Crippen molar-refractivity contribution in [2.24, 2.45) is 0 Å². The zero-order valence-corrected chi connectivity index (χ0v) is 15.2. The molecular weight excluding hydrogens is 350 g/mol. The summed E-state index contributed by atoms with van der Waals surface area (Å²) in [6, 6.07) is 24.3. The maximum absolute atomic E-state index is 12.4. The summed E-state index contributed by atoms with van der Waals surface area (Å²) in [7, 11) is 0. The number of aromatic nitrogens is 2. The van der Waals surface area contributed by atoms with Crippen LogP contribution in [0.4, 0.5) is 5.69 Å². The average Bonchev–Trinajstić information content (AvgIpc) is 3.17. The number of H-pyrrole nitrogens is 1. The van der Waals surface area contributed by atoms with Gasteiger partial charge in [-0.25, -0.2) is 4.98 Å². The molecule has 0 aliphatic rings. The van der Waals surface area contributed by atoms with Crippen LogP contribution < -0.4 is 5.32 Å². The minimum absolute atomic E-state index is 0.0404. The summed E-state index contributed by atoms with van der Waals surface area (Å²) in [4.78, 5) is 32.5. The van der Waals surface area contributed by atoms with E-state index in [9.17, 15) is 9.59 Å². The van der Waals surface area contributed by atoms with Gasteiger partial charge >= 0.3 is 0 Å². The van der Waals surface area contributed by atoms with E-state index in [-0.39, 0.29) is 24.5 Å². The monoisotopic (exact) mass is 369 g/mol. The fourth-order valence-electron chi connectivity index (χ4n) is 3.09. The molecule has 0 unspecified atom stereocenters. The summed E-state index contributed by atoms with van der Waals surface area (Å²) < 4.78 is 0. The molecule has 0 saturated heterocycles. The number of rotatable bonds is 6. The Morgan fingerprint density at radius 1 is 0.821 bits per heavy atom. The molecule has 0 aliphatic carbocycles. The number of nitrogens with zero attached hydrogens (tertiary/aromatic N) is 1. The molecule has 4 rings (SSSR count). The van der Waals surface area contributed by atoms with E-state index in [1.165, 1.54) is 0 Å². The van der Waals surface area contributed by atoms with E-state index in [0.29, 0.717) is 17.1 Å². The minimum atomic E-state index is -0.201. The van der Waals surface area contributed by atoms with Crippen LogP contribution in [0.5, 0.6) is 0 Å². The number of imidazole rings is 1. The van der Waals surface area contributed by atoms with Crippen LogP contribution in [-0.2, 0) is 4.79 Å². The molecule has 0 spiro atoms. The Balaban J connectivity index is 1.48. The second-order valence-corrected chi connectivity index (χ2v) is 6.49. The topological polar surface area (TPSA) is 74.8 Å². The third kappa shape index (κ3) is 3.83. The molecule has 2 N–H and O–H groups in total. The highest BCUT2D eigenvalue weighted by Crippen LogP contribution is 2.27. The standard InChI is InChI=1S/C23H19N3O2/c27-21(16-8-2-1-3-9-16)14-15-22(28)24-18-11-5-4-10-17(18)23-25-19-12-6-7-13-20(19)26-23/h1-13H,14-15H2,(H,24,28)(H,25,26). The molecule has 5 heteroatoms. The SMILES string of the molecule is O=C(CCC(=O)c1ccccc1)Nc1ccccc1-c1nc2ccccc2[nH]1. The summed E-state index contributed by atoms with van der Waals surface area (Å²) in [5.74, 6) is 0.451. The number of hydrogen-bond acceptors (Lipinski definition) is 3. The molecule has 0 bridgehead atoms. The summed E-state index contributed by atoms with van der Waals surface area (Å²) in [5, 5.41) is 2.91. The Labute approximate surface area is 162 Å². The highest BCUT2D eigenvalue weighted by molar-refractivity contribution is 6.01. The molecule has 5 nitrogen and oxygen atoms in total. The van der Waals surface area contributed by atoms with Crippen LogP contribution in [0.25, 0.3) is 22.4 Å². The van der Waals surface area contributed by atoms with Crippen LogP contribution in [0.15, 0.2) is 78.9 Å². The van der Waals surface area contributed by atoms with E-state index in [0.717, 1.165) is 16.6 Å². The molecule has 0 saturated carbocycles. The number of carbonyl (C=O) groups is 2. The number of para-hydroxylation sites is 3. The van der Waals surface area contributed by atoms with Gasteiger partial charge in [0.25, 0.3) is 0 Å². The van der Waals surface area contributed by atoms with Gasteiger partial charge in [-0.2, -0.15) is 0 Å². The summed E-state index contributed by atoms with van der Waals surface area (Å²) in [6.07, 6.45) is 0.296. The molecule has 1 aromatic heterocycles. The van der Waals surface area contributed by atoms with Crippen molar-refractivity contribution < 1.29 is 9.59 Å². The van der Waals surface area contributed by atoms with E-state index in [2.05, 4.69) is 15.3 Å². The zero-order valence-electron chi connectivity index (χ0n) is 15.2. The molecule has 0 atom stereocenters. The van der Waals surface area contributed by atoms with Crippen molar-refractivity contribution >= 4 is 28.4 Å². The highest BCUT2D eigenvalue weighted by Gasteiger charge is 2.13. The lowest BCUT2D eigenvalue weighted by Gasteiger charge is -2.09. The maximum atomic E-state index is 12.4. The van der Waals surface area contributed by atoms with Gasteiger partial charge in [-0.05, 0) is 24.3 Å². The van der Waals surface area contributed by atoms with Crippen molar-refractivity contribution in [3.8, 4) is 11.4 Å². The number of carbonyl (C=O) groups excluding carboxylic acids is 2. The van der Waals surface area contributed by atoms with Gasteiger partial charge in [0, 0.05) is 24.0 Å². The molecule has 1 heterocycles. The van der Waals surface area contributed by atoms with E-state index in [1.54, 1.807) is 12.1 Å². The fourth-order valence-corrected chi connectivity index (χ4v) is 3.09. The number of amides is 1. The van der Waals surface area contributed by atoms with Crippen molar-refractivity contribution in [2.75, 3.05) is 5.32 Å². The van der Waals surface area contributed by atoms with Gasteiger partial charge in [0.05, 0.1) is 16.7 Å². The van der Waals surface area contributed by atoms with Crippen molar-refractivity contribution in [1.82, 2.24) is 9.97 Å². The second-order valence-electron chi connectivity index (χ2n) is 6.49. The highest BCUT2D eigenvalue weighted by atomic mass is 16.2. The Kier molecular flexibility index (Phi) is 4.97. The van der Waals surface area contributed by atoms with Crippen molar-refractivity contribution in [1.29, 1.82) is 0 Å². The average molecular weight is 369 g/mol. The molecule has 1 amide bonds. The number of aromatic amines is 1. The predicted molar refractivity (Wildman–Crippen MR) is 110 cm³/mol. The van der Waals surface area contributed by atoms with E-state index >= 15 is 0 Å². The van der Waals surface area contributed by atoms with Crippen LogP contribution in [0.2, 0.25) is 0 Å². The Morgan fingerprint density at radius 2 is 1.54 bits per heavy atom. The summed E-state index contributed by atoms with van der Waals surface area (Å²) in [6.45, 7) is 0. The molecule has 0 radical (unpaired) electrons. The van der Waals surface area contributed by atoms with E-state index in [4.69, 9.17) is 0 Å². The Morgan fingerprint density at radius 3 is 2.36 bits per heavy atom. The van der Waals surface area contributed by atoms with Crippen LogP contribution in [0.3, 0.4) is 0 Å². The van der Waals surface area contributed by atoms with Crippen molar-refractivity contribution in [3.63, 3.8) is 0 Å². The van der Waals surface area contributed by atoms with Gasteiger partial charge in [-0.3, -0.25) is 9.59 Å². The smallest absolute Gasteiger partial charge is 0.224 e. The van der Waals surface area contributed by atoms with Gasteiger partial charge in [0.2, 0.25) is 5.91 Å². The lowest BCUT2D eigenvalue weighted by molar-refractivity contribution is -0.116. The largest absolute Gasteiger partial charge is 0.338 e. The van der Waals surface area contributed by atoms with E-state index in [1.807, 2.05) is 66.7 Å². The third-order valence-electron chi connectivity index (χ3n) is 4.52. The zero-order chi connectivity index (χ0) is 19.3. The lowest BCUT2D eigenvalue weighted by Crippen LogP contribution is -2.14. The quantitative estimate of drug-likeness (QED) is 0.478. The normalized spacial score (nSPS) is 10.7. The van der Waals surface area contributed by atoms with E-state index < -0.39 is 0 Å². The van der Waals surface area contributed by atoms with Gasteiger partial charge in [0.15, 0.2) is 5.78 Å². The molecular formula is C23H19N3O2. The molecule has 28 heavy (non-hydrogen) atoms. The Bertz CT molecular complexity index is 1100. The van der Waals surface area contributed by atoms with Crippen LogP contribution in [0, 0.1) is 0 Å². The first-order valence-corrected chi connectivity index (χ1v) is 9.13. The second kappa shape index (κ2) is 7.88. The minimum Gasteiger partial charge on any atom is -0.338 e. The number of fused-ring (bicyclic) bond motifs is 1. The molecule has 138 valence electrons. The molecule has 0 aliphatic heterocycles. The number of Topliss-reactive ketones (excluding diaryl/α,β-unsaturated/α-hetero) is 1.